The third-order valence-corrected chi connectivity index (χ3v) is 5.44. The summed E-state index contributed by atoms with van der Waals surface area (Å²) in [4.78, 5) is 2.27. The van der Waals surface area contributed by atoms with Gasteiger partial charge in [-0.3, -0.25) is 9.58 Å². The lowest BCUT2D eigenvalue weighted by atomic mass is 10.1. The summed E-state index contributed by atoms with van der Waals surface area (Å²) >= 11 is 0. The first-order chi connectivity index (χ1) is 14.5. The van der Waals surface area contributed by atoms with Crippen LogP contribution in [-0.4, -0.2) is 48.1 Å². The fraction of sp³-hybridized carbons (Fsp3) is 0.400. The summed E-state index contributed by atoms with van der Waals surface area (Å²) < 4.78 is 13.7. The summed E-state index contributed by atoms with van der Waals surface area (Å²) in [5.74, 6) is 0.874. The molecule has 5 nitrogen and oxygen atoms in total. The quantitative estimate of drug-likeness (QED) is 0.500. The zero-order valence-corrected chi connectivity index (χ0v) is 18.8. The van der Waals surface area contributed by atoms with Gasteiger partial charge in [0.25, 0.3) is 0 Å². The molecule has 0 aliphatic rings. The average Bonchev–Trinajstić information content (AvgIpc) is 3.00. The SMILES string of the molecule is COC(COc1ccc(C)cc1)CN(C)Cc1c(C)nn(Cc2ccccc2)c1C. The molecule has 0 N–H and O–H groups in total. The molecule has 1 atom stereocenters. The molecule has 3 aromatic rings. The van der Waals surface area contributed by atoms with Gasteiger partial charge in [0.1, 0.15) is 18.5 Å². The summed E-state index contributed by atoms with van der Waals surface area (Å²) in [6.07, 6.45) is -0.00345. The van der Waals surface area contributed by atoms with Gasteiger partial charge in [0.2, 0.25) is 0 Å². The molecule has 0 radical (unpaired) electrons. The third-order valence-electron chi connectivity index (χ3n) is 5.44. The van der Waals surface area contributed by atoms with E-state index in [0.29, 0.717) is 6.61 Å². The Kier molecular flexibility index (Phi) is 7.66. The Labute approximate surface area is 180 Å². The number of rotatable bonds is 10. The number of likely N-dealkylation sites (N-methyl/N-ethyl adjacent to an activating group) is 1. The van der Waals surface area contributed by atoms with Gasteiger partial charge in [-0.05, 0) is 45.5 Å². The van der Waals surface area contributed by atoms with Gasteiger partial charge in [0.05, 0.1) is 12.2 Å². The largest absolute Gasteiger partial charge is 0.491 e. The minimum atomic E-state index is -0.00345. The molecule has 5 heteroatoms. The van der Waals surface area contributed by atoms with Crippen LogP contribution < -0.4 is 4.74 Å². The first kappa shape index (κ1) is 22.1. The van der Waals surface area contributed by atoms with Gasteiger partial charge in [-0.25, -0.2) is 0 Å². The van der Waals surface area contributed by atoms with E-state index in [2.05, 4.69) is 73.8 Å². The number of ether oxygens (including phenoxy) is 2. The van der Waals surface area contributed by atoms with E-state index in [1.165, 1.54) is 22.4 Å². The molecular weight excluding hydrogens is 374 g/mol. The van der Waals surface area contributed by atoms with E-state index >= 15 is 0 Å². The summed E-state index contributed by atoms with van der Waals surface area (Å²) in [6, 6.07) is 18.6. The van der Waals surface area contributed by atoms with E-state index in [0.717, 1.165) is 31.1 Å². The van der Waals surface area contributed by atoms with Crippen molar-refractivity contribution in [1.82, 2.24) is 14.7 Å². The molecule has 0 bridgehead atoms. The van der Waals surface area contributed by atoms with Crippen molar-refractivity contribution in [2.24, 2.45) is 0 Å². The van der Waals surface area contributed by atoms with Gasteiger partial charge in [-0.2, -0.15) is 5.10 Å². The van der Waals surface area contributed by atoms with Crippen molar-refractivity contribution in [2.75, 3.05) is 27.3 Å². The van der Waals surface area contributed by atoms with Gasteiger partial charge in [0, 0.05) is 31.5 Å². The van der Waals surface area contributed by atoms with Crippen molar-refractivity contribution in [3.63, 3.8) is 0 Å². The summed E-state index contributed by atoms with van der Waals surface area (Å²) in [5.41, 5.74) is 6.07. The molecular formula is C25H33N3O2. The highest BCUT2D eigenvalue weighted by Crippen LogP contribution is 2.17. The van der Waals surface area contributed by atoms with Crippen molar-refractivity contribution >= 4 is 0 Å². The van der Waals surface area contributed by atoms with Crippen LogP contribution in [0, 0.1) is 20.8 Å². The predicted octanol–water partition coefficient (Wildman–Crippen LogP) is 4.38. The molecule has 0 aliphatic heterocycles. The number of aromatic nitrogens is 2. The molecule has 3 rings (SSSR count). The predicted molar refractivity (Wildman–Crippen MR) is 121 cm³/mol. The zero-order chi connectivity index (χ0) is 21.5. The Morgan fingerprint density at radius 2 is 1.70 bits per heavy atom. The Hall–Kier alpha value is -2.63. The molecule has 1 unspecified atom stereocenters. The van der Waals surface area contributed by atoms with Crippen molar-refractivity contribution in [2.45, 2.75) is 40.0 Å². The minimum Gasteiger partial charge on any atom is -0.491 e. The highest BCUT2D eigenvalue weighted by atomic mass is 16.5. The fourth-order valence-corrected chi connectivity index (χ4v) is 3.57. The molecule has 160 valence electrons. The molecule has 1 heterocycles. The first-order valence-electron chi connectivity index (χ1n) is 10.4. The Morgan fingerprint density at radius 3 is 2.37 bits per heavy atom. The zero-order valence-electron chi connectivity index (χ0n) is 18.8. The monoisotopic (exact) mass is 407 g/mol. The highest BCUT2D eigenvalue weighted by Gasteiger charge is 2.17. The Morgan fingerprint density at radius 1 is 1.00 bits per heavy atom. The molecule has 30 heavy (non-hydrogen) atoms. The maximum Gasteiger partial charge on any atom is 0.119 e. The van der Waals surface area contributed by atoms with Gasteiger partial charge in [-0.15, -0.1) is 0 Å². The van der Waals surface area contributed by atoms with E-state index < -0.39 is 0 Å². The topological polar surface area (TPSA) is 39.5 Å². The number of aryl methyl sites for hydroxylation is 2. The van der Waals surface area contributed by atoms with Crippen LogP contribution >= 0.6 is 0 Å². The van der Waals surface area contributed by atoms with Gasteiger partial charge < -0.3 is 9.47 Å². The lowest BCUT2D eigenvalue weighted by Gasteiger charge is -2.23. The lowest BCUT2D eigenvalue weighted by molar-refractivity contribution is 0.0335. The average molecular weight is 408 g/mol. The van der Waals surface area contributed by atoms with Crippen LogP contribution in [0.3, 0.4) is 0 Å². The summed E-state index contributed by atoms with van der Waals surface area (Å²) in [7, 11) is 3.86. The van der Waals surface area contributed by atoms with E-state index in [1.54, 1.807) is 7.11 Å². The molecule has 1 aromatic heterocycles. The number of nitrogens with zero attached hydrogens (tertiary/aromatic N) is 3. The van der Waals surface area contributed by atoms with Gasteiger partial charge in [-0.1, -0.05) is 48.0 Å². The van der Waals surface area contributed by atoms with E-state index in [-0.39, 0.29) is 6.10 Å². The standard InChI is InChI=1S/C25H33N3O2/c1-19-11-13-23(14-12-19)30-18-24(29-5)16-27(4)17-25-20(2)26-28(21(25)3)15-22-9-7-6-8-10-22/h6-14,24H,15-18H2,1-5H3. The Balaban J connectivity index is 1.57. The maximum atomic E-state index is 5.91. The smallest absolute Gasteiger partial charge is 0.119 e. The van der Waals surface area contributed by atoms with Gasteiger partial charge in [0.15, 0.2) is 0 Å². The molecule has 0 spiro atoms. The number of methoxy groups -OCH3 is 1. The number of hydrogen-bond acceptors (Lipinski definition) is 4. The maximum absolute atomic E-state index is 5.91. The normalized spacial score (nSPS) is 12.3. The molecule has 0 saturated heterocycles. The molecule has 0 amide bonds. The van der Waals surface area contributed by atoms with Crippen molar-refractivity contribution < 1.29 is 9.47 Å². The van der Waals surface area contributed by atoms with Crippen LogP contribution in [0.5, 0.6) is 5.75 Å². The van der Waals surface area contributed by atoms with Crippen molar-refractivity contribution in [3.8, 4) is 5.75 Å². The van der Waals surface area contributed by atoms with Crippen molar-refractivity contribution in [1.29, 1.82) is 0 Å². The minimum absolute atomic E-state index is 0.00345. The van der Waals surface area contributed by atoms with E-state index in [4.69, 9.17) is 14.6 Å². The molecule has 0 aliphatic carbocycles. The van der Waals surface area contributed by atoms with E-state index in [9.17, 15) is 0 Å². The molecule has 0 fully saturated rings. The fourth-order valence-electron chi connectivity index (χ4n) is 3.57. The van der Waals surface area contributed by atoms with Crippen LogP contribution in [0.2, 0.25) is 0 Å². The van der Waals surface area contributed by atoms with Crippen LogP contribution in [0.4, 0.5) is 0 Å². The molecule has 0 saturated carbocycles. The van der Waals surface area contributed by atoms with Crippen LogP contribution in [0.1, 0.15) is 28.1 Å². The number of benzene rings is 2. The van der Waals surface area contributed by atoms with Crippen LogP contribution in [0.25, 0.3) is 0 Å². The number of hydrogen-bond donors (Lipinski definition) is 0. The Bertz CT molecular complexity index is 920. The van der Waals surface area contributed by atoms with Crippen LogP contribution in [-0.2, 0) is 17.8 Å². The second-order valence-electron chi connectivity index (χ2n) is 7.97. The first-order valence-corrected chi connectivity index (χ1v) is 10.4. The second kappa shape index (κ2) is 10.4. The summed E-state index contributed by atoms with van der Waals surface area (Å²) in [5, 5.41) is 4.77. The van der Waals surface area contributed by atoms with Gasteiger partial charge >= 0.3 is 0 Å². The highest BCUT2D eigenvalue weighted by molar-refractivity contribution is 5.27. The lowest BCUT2D eigenvalue weighted by Crippen LogP contribution is -2.34. The summed E-state index contributed by atoms with van der Waals surface area (Å²) in [6.45, 7) is 9.24. The van der Waals surface area contributed by atoms with Crippen LogP contribution in [0.15, 0.2) is 54.6 Å². The molecule has 2 aromatic carbocycles. The van der Waals surface area contributed by atoms with Crippen molar-refractivity contribution in [3.05, 3.63) is 82.7 Å². The third kappa shape index (κ3) is 5.94. The van der Waals surface area contributed by atoms with E-state index in [1.807, 2.05) is 18.2 Å². The second-order valence-corrected chi connectivity index (χ2v) is 7.97.